The summed E-state index contributed by atoms with van der Waals surface area (Å²) in [4.78, 5) is 11.8. The summed E-state index contributed by atoms with van der Waals surface area (Å²) >= 11 is 0. The molecule has 0 radical (unpaired) electrons. The van der Waals surface area contributed by atoms with Crippen molar-refractivity contribution in [2.45, 2.75) is 25.7 Å². The summed E-state index contributed by atoms with van der Waals surface area (Å²) in [5, 5.41) is 0. The predicted molar refractivity (Wildman–Crippen MR) is 48.6 cm³/mol. The highest BCUT2D eigenvalue weighted by molar-refractivity contribution is 5.85. The molecule has 2 saturated carbocycles. The van der Waals surface area contributed by atoms with Crippen LogP contribution in [-0.2, 0) is 9.53 Å². The van der Waals surface area contributed by atoms with Crippen LogP contribution in [0, 0.1) is 23.2 Å². The Morgan fingerprint density at radius 2 is 1.93 bits per heavy atom. The van der Waals surface area contributed by atoms with Crippen LogP contribution in [0.5, 0.6) is 0 Å². The van der Waals surface area contributed by atoms with Gasteiger partial charge in [0.1, 0.15) is 5.78 Å². The fraction of sp³-hybridized carbons (Fsp3) is 0.909. The second kappa shape index (κ2) is 2.59. The number of alkyl halides is 2. The van der Waals surface area contributed by atoms with Crippen LogP contribution in [-0.4, -0.2) is 24.9 Å². The number of Topliss-reactive ketones (excluding diaryl/α,β-unsaturated/α-hetero) is 1. The summed E-state index contributed by atoms with van der Waals surface area (Å²) in [6.07, 6.45) is -0.0675. The molecule has 4 heteroatoms. The Kier molecular flexibility index (Phi) is 1.68. The SMILES string of the molecule is CC1(CC(=O)C2C3COCC32)CC1(F)F. The molecule has 3 rings (SSSR count). The van der Waals surface area contributed by atoms with Crippen LogP contribution in [0.3, 0.4) is 0 Å². The van der Waals surface area contributed by atoms with Gasteiger partial charge in [0.05, 0.1) is 13.2 Å². The third-order valence-corrected chi connectivity index (χ3v) is 4.26. The molecule has 0 aromatic carbocycles. The van der Waals surface area contributed by atoms with E-state index in [0.29, 0.717) is 25.0 Å². The van der Waals surface area contributed by atoms with Gasteiger partial charge in [0.15, 0.2) is 0 Å². The molecule has 3 unspecified atom stereocenters. The first-order valence-corrected chi connectivity index (χ1v) is 5.43. The molecule has 2 aliphatic carbocycles. The minimum atomic E-state index is -2.61. The molecule has 0 amide bonds. The molecule has 3 atom stereocenters. The summed E-state index contributed by atoms with van der Waals surface area (Å²) in [7, 11) is 0. The quantitative estimate of drug-likeness (QED) is 0.720. The first kappa shape index (κ1) is 9.70. The molecule has 1 aliphatic heterocycles. The van der Waals surface area contributed by atoms with Crippen LogP contribution in [0.2, 0.25) is 0 Å². The van der Waals surface area contributed by atoms with E-state index in [1.807, 2.05) is 0 Å². The molecule has 0 N–H and O–H groups in total. The molecular formula is C11H14F2O2. The van der Waals surface area contributed by atoms with E-state index < -0.39 is 11.3 Å². The Balaban J connectivity index is 1.60. The summed E-state index contributed by atoms with van der Waals surface area (Å²) in [6, 6.07) is 0. The highest BCUT2D eigenvalue weighted by Gasteiger charge is 2.69. The first-order chi connectivity index (χ1) is 6.95. The number of fused-ring (bicyclic) bond motifs is 1. The fourth-order valence-electron chi connectivity index (χ4n) is 2.86. The molecule has 0 bridgehead atoms. The average molecular weight is 216 g/mol. The lowest BCUT2D eigenvalue weighted by atomic mass is 9.97. The van der Waals surface area contributed by atoms with E-state index >= 15 is 0 Å². The van der Waals surface area contributed by atoms with Gasteiger partial charge in [0.2, 0.25) is 0 Å². The monoisotopic (exact) mass is 216 g/mol. The molecule has 0 aromatic rings. The van der Waals surface area contributed by atoms with Gasteiger partial charge in [-0.3, -0.25) is 4.79 Å². The number of hydrogen-bond donors (Lipinski definition) is 0. The molecule has 0 aromatic heterocycles. The zero-order valence-corrected chi connectivity index (χ0v) is 8.63. The van der Waals surface area contributed by atoms with Crippen LogP contribution < -0.4 is 0 Å². The Labute approximate surface area is 87.0 Å². The zero-order chi connectivity index (χ0) is 10.8. The molecule has 1 saturated heterocycles. The van der Waals surface area contributed by atoms with E-state index in [1.165, 1.54) is 6.92 Å². The number of rotatable bonds is 3. The minimum absolute atomic E-state index is 0.0342. The van der Waals surface area contributed by atoms with Gasteiger partial charge in [-0.05, 0) is 11.8 Å². The van der Waals surface area contributed by atoms with E-state index in [-0.39, 0.29) is 24.5 Å². The number of carbonyl (C=O) groups excluding carboxylic acids is 1. The van der Waals surface area contributed by atoms with Crippen molar-refractivity contribution in [3.05, 3.63) is 0 Å². The smallest absolute Gasteiger partial charge is 0.254 e. The van der Waals surface area contributed by atoms with Crippen LogP contribution >= 0.6 is 0 Å². The lowest BCUT2D eigenvalue weighted by molar-refractivity contribution is -0.123. The highest BCUT2D eigenvalue weighted by Crippen LogP contribution is 2.64. The van der Waals surface area contributed by atoms with Gasteiger partial charge in [0, 0.05) is 24.2 Å². The largest absolute Gasteiger partial charge is 0.381 e. The number of carbonyl (C=O) groups is 1. The topological polar surface area (TPSA) is 26.3 Å². The van der Waals surface area contributed by atoms with Crippen molar-refractivity contribution in [3.8, 4) is 0 Å². The Morgan fingerprint density at radius 1 is 1.40 bits per heavy atom. The van der Waals surface area contributed by atoms with Crippen molar-refractivity contribution in [2.75, 3.05) is 13.2 Å². The van der Waals surface area contributed by atoms with Crippen LogP contribution in [0.1, 0.15) is 19.8 Å². The predicted octanol–water partition coefficient (Wildman–Crippen LogP) is 1.88. The standard InChI is InChI=1S/C11H14F2O2/c1-10(5-11(10,12)13)2-8(14)9-6-3-15-4-7(6)9/h6-7,9H,2-5H2,1H3. The normalized spacial score (nSPS) is 49.9. The third-order valence-electron chi connectivity index (χ3n) is 4.26. The number of hydrogen-bond acceptors (Lipinski definition) is 2. The van der Waals surface area contributed by atoms with E-state index in [9.17, 15) is 13.6 Å². The average Bonchev–Trinajstić information content (AvgIpc) is 2.81. The molecule has 3 fully saturated rings. The van der Waals surface area contributed by atoms with E-state index in [2.05, 4.69) is 0 Å². The summed E-state index contributed by atoms with van der Waals surface area (Å²) in [5.74, 6) is -1.86. The number of ketones is 1. The summed E-state index contributed by atoms with van der Waals surface area (Å²) < 4.78 is 31.0. The Morgan fingerprint density at radius 3 is 2.40 bits per heavy atom. The van der Waals surface area contributed by atoms with E-state index in [0.717, 1.165) is 0 Å². The van der Waals surface area contributed by atoms with Gasteiger partial charge >= 0.3 is 0 Å². The minimum Gasteiger partial charge on any atom is -0.381 e. The second-order valence-electron chi connectivity index (χ2n) is 5.48. The van der Waals surface area contributed by atoms with Crippen LogP contribution in [0.25, 0.3) is 0 Å². The van der Waals surface area contributed by atoms with Gasteiger partial charge in [-0.15, -0.1) is 0 Å². The lowest BCUT2D eigenvalue weighted by Crippen LogP contribution is -2.17. The van der Waals surface area contributed by atoms with Gasteiger partial charge in [-0.25, -0.2) is 8.78 Å². The van der Waals surface area contributed by atoms with Gasteiger partial charge in [-0.2, -0.15) is 0 Å². The molecule has 3 aliphatic rings. The van der Waals surface area contributed by atoms with Crippen molar-refractivity contribution in [3.63, 3.8) is 0 Å². The van der Waals surface area contributed by atoms with Crippen molar-refractivity contribution in [1.82, 2.24) is 0 Å². The fourth-order valence-corrected chi connectivity index (χ4v) is 2.86. The molecule has 15 heavy (non-hydrogen) atoms. The van der Waals surface area contributed by atoms with E-state index in [1.54, 1.807) is 0 Å². The molecular weight excluding hydrogens is 202 g/mol. The van der Waals surface area contributed by atoms with Crippen molar-refractivity contribution < 1.29 is 18.3 Å². The number of halogens is 2. The van der Waals surface area contributed by atoms with Gasteiger partial charge < -0.3 is 4.74 Å². The third kappa shape index (κ3) is 1.27. The van der Waals surface area contributed by atoms with Crippen molar-refractivity contribution >= 4 is 5.78 Å². The molecule has 0 spiro atoms. The van der Waals surface area contributed by atoms with Crippen molar-refractivity contribution in [1.29, 1.82) is 0 Å². The van der Waals surface area contributed by atoms with Crippen LogP contribution in [0.4, 0.5) is 8.78 Å². The first-order valence-electron chi connectivity index (χ1n) is 5.43. The second-order valence-corrected chi connectivity index (χ2v) is 5.48. The maximum Gasteiger partial charge on any atom is 0.254 e. The molecule has 1 heterocycles. The Bertz CT molecular complexity index is 319. The number of ether oxygens (including phenoxy) is 1. The maximum absolute atomic E-state index is 12.9. The summed E-state index contributed by atoms with van der Waals surface area (Å²) in [6.45, 7) is 2.81. The van der Waals surface area contributed by atoms with Crippen LogP contribution in [0.15, 0.2) is 0 Å². The Hall–Kier alpha value is -0.510. The molecule has 84 valence electrons. The van der Waals surface area contributed by atoms with Gasteiger partial charge in [0.25, 0.3) is 5.92 Å². The molecule has 2 nitrogen and oxygen atoms in total. The lowest BCUT2D eigenvalue weighted by Gasteiger charge is -2.09. The maximum atomic E-state index is 12.9. The van der Waals surface area contributed by atoms with E-state index in [4.69, 9.17) is 4.74 Å². The summed E-state index contributed by atoms with van der Waals surface area (Å²) in [5.41, 5.74) is -1.04. The van der Waals surface area contributed by atoms with Crippen molar-refractivity contribution in [2.24, 2.45) is 23.2 Å². The zero-order valence-electron chi connectivity index (χ0n) is 8.63. The highest BCUT2D eigenvalue weighted by atomic mass is 19.3. The van der Waals surface area contributed by atoms with Gasteiger partial charge in [-0.1, -0.05) is 6.92 Å².